The molecule has 3 aromatic carbocycles. The van der Waals surface area contributed by atoms with E-state index in [4.69, 9.17) is 4.74 Å². The van der Waals surface area contributed by atoms with Crippen LogP contribution in [0.5, 0.6) is 0 Å². The normalized spacial score (nSPS) is 15.9. The van der Waals surface area contributed by atoms with E-state index >= 15 is 0 Å². The standard InChI is InChI=1S/C20H21FN2O2.C13H13N3OS2.2H2O.2H2/c21-16-6-7-18-17(12-16)20(14-22-18)8-10-23(11-9-20)19(24)25-13-15-4-2-1-3-5-15;17-12-2-1-8-16(12)10-3-5-11(6-4-10)19-15-13-14-7-9-18-13;;;;/h1-7,12,22H,8-11,13-14H2;3-7,9H,1-2,8H2,(H,14,15);2*1H2;2*1H. The lowest BCUT2D eigenvalue weighted by Gasteiger charge is -2.38. The second-order valence-electron chi connectivity index (χ2n) is 11.0. The first-order valence-electron chi connectivity index (χ1n) is 14.7. The molecule has 7 rings (SSSR count). The van der Waals surface area contributed by atoms with Crippen LogP contribution >= 0.6 is 23.3 Å². The minimum atomic E-state index is -0.274. The molecule has 0 unspecified atom stereocenters. The van der Waals surface area contributed by atoms with Crippen molar-refractivity contribution in [3.8, 4) is 0 Å². The van der Waals surface area contributed by atoms with Gasteiger partial charge in [0.2, 0.25) is 5.91 Å². The number of piperidine rings is 1. The van der Waals surface area contributed by atoms with Crippen LogP contribution < -0.4 is 14.9 Å². The van der Waals surface area contributed by atoms with Crippen LogP contribution in [-0.2, 0) is 21.6 Å². The van der Waals surface area contributed by atoms with E-state index in [9.17, 15) is 14.0 Å². The highest BCUT2D eigenvalue weighted by Crippen LogP contribution is 2.44. The van der Waals surface area contributed by atoms with Gasteiger partial charge in [0.15, 0.2) is 5.13 Å². The average Bonchev–Trinajstić information content (AvgIpc) is 3.82. The maximum atomic E-state index is 13.7. The van der Waals surface area contributed by atoms with Crippen LogP contribution in [-0.4, -0.2) is 59.0 Å². The van der Waals surface area contributed by atoms with Gasteiger partial charge >= 0.3 is 6.09 Å². The Morgan fingerprint density at radius 2 is 1.83 bits per heavy atom. The lowest BCUT2D eigenvalue weighted by atomic mass is 9.74. The highest BCUT2D eigenvalue weighted by molar-refractivity contribution is 8.00. The molecule has 2 amide bonds. The van der Waals surface area contributed by atoms with Crippen molar-refractivity contribution in [1.82, 2.24) is 9.88 Å². The fourth-order valence-electron chi connectivity index (χ4n) is 5.83. The molecule has 0 bridgehead atoms. The molecule has 1 spiro atoms. The van der Waals surface area contributed by atoms with E-state index in [2.05, 4.69) is 15.0 Å². The molecule has 13 heteroatoms. The topological polar surface area (TPSA) is 150 Å². The minimum Gasteiger partial charge on any atom is -0.445 e. The fraction of sp³-hybridized carbons (Fsp3) is 0.303. The molecule has 0 atom stereocenters. The number of anilines is 3. The van der Waals surface area contributed by atoms with Gasteiger partial charge in [-0.25, -0.2) is 14.2 Å². The van der Waals surface area contributed by atoms with Crippen molar-refractivity contribution in [2.75, 3.05) is 41.1 Å². The number of nitrogens with zero attached hydrogens (tertiary/aromatic N) is 3. The smallest absolute Gasteiger partial charge is 0.410 e. The molecular formula is C33H42FN5O5S2. The molecule has 2 saturated heterocycles. The Balaban J connectivity index is 0.000000317. The molecule has 1 aromatic heterocycles. The van der Waals surface area contributed by atoms with Crippen LogP contribution in [0.1, 0.15) is 39.7 Å². The molecule has 46 heavy (non-hydrogen) atoms. The predicted molar refractivity (Wildman–Crippen MR) is 185 cm³/mol. The summed E-state index contributed by atoms with van der Waals surface area (Å²) in [5.74, 6) is 0.0211. The molecule has 0 radical (unpaired) electrons. The van der Waals surface area contributed by atoms with E-state index in [-0.39, 0.29) is 43.6 Å². The number of benzene rings is 3. The predicted octanol–water partition coefficient (Wildman–Crippen LogP) is 6.15. The van der Waals surface area contributed by atoms with Crippen molar-refractivity contribution >= 4 is 51.8 Å². The van der Waals surface area contributed by atoms with Gasteiger partial charge < -0.3 is 35.5 Å². The van der Waals surface area contributed by atoms with Crippen LogP contribution in [0.4, 0.5) is 25.7 Å². The second-order valence-corrected chi connectivity index (χ2v) is 12.8. The summed E-state index contributed by atoms with van der Waals surface area (Å²) >= 11 is 3.09. The number of nitrogens with one attached hydrogen (secondary N) is 2. The number of amides is 2. The van der Waals surface area contributed by atoms with Crippen molar-refractivity contribution < 1.29 is 32.5 Å². The van der Waals surface area contributed by atoms with E-state index in [0.29, 0.717) is 19.5 Å². The monoisotopic (exact) mass is 671 g/mol. The zero-order chi connectivity index (χ0) is 30.4. The maximum Gasteiger partial charge on any atom is 0.410 e. The van der Waals surface area contributed by atoms with Gasteiger partial charge in [0.05, 0.1) is 0 Å². The summed E-state index contributed by atoms with van der Waals surface area (Å²) < 4.78 is 22.3. The molecule has 4 aromatic rings. The Kier molecular flexibility index (Phi) is 12.0. The second kappa shape index (κ2) is 15.9. The van der Waals surface area contributed by atoms with Gasteiger partial charge in [-0.3, -0.25) is 4.79 Å². The van der Waals surface area contributed by atoms with Crippen LogP contribution in [0.3, 0.4) is 0 Å². The Morgan fingerprint density at radius 3 is 2.50 bits per heavy atom. The number of likely N-dealkylation sites (tertiary alicyclic amines) is 1. The third-order valence-electron chi connectivity index (χ3n) is 8.26. The molecule has 3 aliphatic heterocycles. The molecule has 2 fully saturated rings. The average molecular weight is 672 g/mol. The van der Waals surface area contributed by atoms with Crippen molar-refractivity contribution in [3.05, 3.63) is 101 Å². The molecule has 10 nitrogen and oxygen atoms in total. The Hall–Kier alpha value is -4.17. The van der Waals surface area contributed by atoms with E-state index in [1.54, 1.807) is 34.6 Å². The molecule has 6 N–H and O–H groups in total. The first kappa shape index (κ1) is 34.7. The van der Waals surface area contributed by atoms with Crippen LogP contribution in [0, 0.1) is 5.82 Å². The van der Waals surface area contributed by atoms with E-state index < -0.39 is 0 Å². The molecule has 4 heterocycles. The van der Waals surface area contributed by atoms with Gasteiger partial charge in [-0.05, 0) is 84.8 Å². The van der Waals surface area contributed by atoms with E-state index in [1.165, 1.54) is 18.0 Å². The van der Waals surface area contributed by atoms with Crippen molar-refractivity contribution in [2.24, 2.45) is 0 Å². The largest absolute Gasteiger partial charge is 0.445 e. The molecule has 3 aliphatic rings. The maximum absolute atomic E-state index is 13.7. The zero-order valence-electron chi connectivity index (χ0n) is 25.2. The van der Waals surface area contributed by atoms with Gasteiger partial charge in [0.25, 0.3) is 0 Å². The fourth-order valence-corrected chi connectivity index (χ4v) is 7.05. The summed E-state index contributed by atoms with van der Waals surface area (Å²) in [6, 6.07) is 22.6. The highest BCUT2D eigenvalue weighted by atomic mass is 32.2. The van der Waals surface area contributed by atoms with Crippen molar-refractivity contribution in [1.29, 1.82) is 0 Å². The number of rotatable bonds is 6. The number of thiazole rings is 1. The first-order valence-corrected chi connectivity index (χ1v) is 16.4. The van der Waals surface area contributed by atoms with E-state index in [1.807, 2.05) is 64.9 Å². The summed E-state index contributed by atoms with van der Waals surface area (Å²) in [7, 11) is 0. The van der Waals surface area contributed by atoms with E-state index in [0.717, 1.165) is 64.9 Å². The Labute approximate surface area is 278 Å². The van der Waals surface area contributed by atoms with Crippen LogP contribution in [0.25, 0.3) is 0 Å². The van der Waals surface area contributed by atoms with Gasteiger partial charge in [-0.15, -0.1) is 11.3 Å². The van der Waals surface area contributed by atoms with Crippen LogP contribution in [0.15, 0.2) is 89.3 Å². The molecule has 0 aliphatic carbocycles. The van der Waals surface area contributed by atoms with Gasteiger partial charge in [-0.1, -0.05) is 30.3 Å². The molecular weight excluding hydrogens is 630 g/mol. The van der Waals surface area contributed by atoms with Crippen molar-refractivity contribution in [2.45, 2.75) is 42.6 Å². The molecule has 248 valence electrons. The summed E-state index contributed by atoms with van der Waals surface area (Å²) in [6.45, 7) is 3.19. The third kappa shape index (κ3) is 8.15. The third-order valence-corrected chi connectivity index (χ3v) is 9.89. The highest BCUT2D eigenvalue weighted by Gasteiger charge is 2.42. The number of halogens is 1. The van der Waals surface area contributed by atoms with Gasteiger partial charge in [0.1, 0.15) is 12.4 Å². The number of aromatic nitrogens is 1. The van der Waals surface area contributed by atoms with Gasteiger partial charge in [0, 0.05) is 68.7 Å². The lowest BCUT2D eigenvalue weighted by molar-refractivity contribution is -0.117. The Morgan fingerprint density at radius 1 is 1.07 bits per heavy atom. The zero-order valence-corrected chi connectivity index (χ0v) is 26.8. The quantitative estimate of drug-likeness (QED) is 0.233. The summed E-state index contributed by atoms with van der Waals surface area (Å²) in [5, 5.41) is 6.21. The number of fused-ring (bicyclic) bond motifs is 2. The minimum absolute atomic E-state index is 0. The lowest BCUT2D eigenvalue weighted by Crippen LogP contribution is -2.46. The first-order chi connectivity index (χ1) is 21.5. The number of hydrogen-bond donors (Lipinski definition) is 2. The SMILES string of the molecule is O.O.O=C(OCc1ccccc1)N1CCC2(CC1)CNc1ccc(F)cc12.O=C1CCCN1c1ccc(SNc2nccs2)cc1.[HH].[HH]. The Bertz CT molecular complexity index is 1580. The molecule has 0 saturated carbocycles. The summed E-state index contributed by atoms with van der Waals surface area (Å²) in [5.41, 5.74) is 3.95. The number of ether oxygens (including phenoxy) is 1. The summed E-state index contributed by atoms with van der Waals surface area (Å²) in [4.78, 5) is 32.8. The number of carbonyl (C=O) groups is 2. The number of hydrogen-bond acceptors (Lipinski definition) is 8. The van der Waals surface area contributed by atoms with Crippen LogP contribution in [0.2, 0.25) is 0 Å². The summed E-state index contributed by atoms with van der Waals surface area (Å²) in [6.07, 6.45) is 4.76. The van der Waals surface area contributed by atoms with Gasteiger partial charge in [-0.2, -0.15) is 0 Å². The van der Waals surface area contributed by atoms with Crippen molar-refractivity contribution in [3.63, 3.8) is 0 Å². The number of carbonyl (C=O) groups excluding carboxylic acids is 2.